The fourth-order valence-electron chi connectivity index (χ4n) is 2.27. The minimum Gasteiger partial charge on any atom is -0.483 e. The number of halogens is 3. The Morgan fingerprint density at radius 2 is 2.10 bits per heavy atom. The van der Waals surface area contributed by atoms with Gasteiger partial charge in [-0.1, -0.05) is 12.1 Å². The summed E-state index contributed by atoms with van der Waals surface area (Å²) in [5.41, 5.74) is 5.66. The van der Waals surface area contributed by atoms with E-state index in [0.29, 0.717) is 12.2 Å². The third-order valence-corrected chi connectivity index (χ3v) is 3.12. The molecule has 0 radical (unpaired) electrons. The predicted octanol–water partition coefficient (Wildman–Crippen LogP) is 3.06. The lowest BCUT2D eigenvalue weighted by atomic mass is 10.0. The molecule has 2 rings (SSSR count). The van der Waals surface area contributed by atoms with Gasteiger partial charge in [0.05, 0.1) is 0 Å². The summed E-state index contributed by atoms with van der Waals surface area (Å²) in [5.74, 6) is 0.535. The van der Waals surface area contributed by atoms with Crippen LogP contribution in [0.4, 0.5) is 13.2 Å². The predicted molar refractivity (Wildman–Crippen MR) is 69.0 cm³/mol. The number of benzene rings is 1. The van der Waals surface area contributed by atoms with Crippen LogP contribution in [0.5, 0.6) is 11.5 Å². The molecule has 0 fully saturated rings. The molecule has 20 heavy (non-hydrogen) atoms. The number of fused-ring (bicyclic) bond motifs is 1. The van der Waals surface area contributed by atoms with Gasteiger partial charge in [0, 0.05) is 18.4 Å². The van der Waals surface area contributed by atoms with Gasteiger partial charge in [-0.2, -0.15) is 13.2 Å². The van der Waals surface area contributed by atoms with Crippen LogP contribution in [0.2, 0.25) is 0 Å². The Balaban J connectivity index is 2.25. The second-order valence-corrected chi connectivity index (χ2v) is 5.51. The molecule has 3 nitrogen and oxygen atoms in total. The molecule has 0 spiro atoms. The van der Waals surface area contributed by atoms with Crippen molar-refractivity contribution in [2.24, 2.45) is 5.73 Å². The number of hydrogen-bond donors (Lipinski definition) is 1. The van der Waals surface area contributed by atoms with E-state index in [2.05, 4.69) is 0 Å². The summed E-state index contributed by atoms with van der Waals surface area (Å²) in [6.45, 7) is 3.68. The first-order valence-electron chi connectivity index (χ1n) is 6.47. The molecule has 0 saturated carbocycles. The molecule has 1 aliphatic heterocycles. The Hall–Kier alpha value is -1.43. The quantitative estimate of drug-likeness (QED) is 0.926. The molecule has 1 aromatic carbocycles. The zero-order valence-corrected chi connectivity index (χ0v) is 11.5. The summed E-state index contributed by atoms with van der Waals surface area (Å²) in [7, 11) is 0. The zero-order valence-electron chi connectivity index (χ0n) is 11.5. The highest BCUT2D eigenvalue weighted by molar-refractivity contribution is 5.50. The van der Waals surface area contributed by atoms with Gasteiger partial charge in [-0.25, -0.2) is 0 Å². The summed E-state index contributed by atoms with van der Waals surface area (Å²) in [6, 6.07) is 5.01. The van der Waals surface area contributed by atoms with E-state index in [9.17, 15) is 13.2 Å². The maximum absolute atomic E-state index is 12.9. The zero-order chi connectivity index (χ0) is 15.0. The van der Waals surface area contributed by atoms with Gasteiger partial charge in [0.1, 0.15) is 5.60 Å². The molecule has 1 unspecified atom stereocenters. The second kappa shape index (κ2) is 5.16. The smallest absolute Gasteiger partial charge is 0.425 e. The van der Waals surface area contributed by atoms with Gasteiger partial charge >= 0.3 is 6.18 Å². The topological polar surface area (TPSA) is 44.5 Å². The van der Waals surface area contributed by atoms with Crippen LogP contribution in [0.3, 0.4) is 0 Å². The molecule has 1 heterocycles. The summed E-state index contributed by atoms with van der Waals surface area (Å²) in [4.78, 5) is 0. The molecule has 1 atom stereocenters. The Morgan fingerprint density at radius 1 is 1.40 bits per heavy atom. The molecule has 1 aromatic rings. The highest BCUT2D eigenvalue weighted by Crippen LogP contribution is 2.43. The molecule has 112 valence electrons. The van der Waals surface area contributed by atoms with Crippen molar-refractivity contribution in [2.75, 3.05) is 6.54 Å². The largest absolute Gasteiger partial charge is 0.483 e. The molecule has 6 heteroatoms. The first-order chi connectivity index (χ1) is 9.23. The van der Waals surface area contributed by atoms with Crippen molar-refractivity contribution < 1.29 is 22.6 Å². The highest BCUT2D eigenvalue weighted by atomic mass is 19.4. The van der Waals surface area contributed by atoms with E-state index in [1.807, 2.05) is 19.9 Å². The third kappa shape index (κ3) is 3.17. The number of hydrogen-bond acceptors (Lipinski definition) is 3. The lowest BCUT2D eigenvalue weighted by Crippen LogP contribution is -2.36. The SMILES string of the molecule is CC1(C)Cc2cccc(OC(CCN)C(F)(F)F)c2O1. The lowest BCUT2D eigenvalue weighted by molar-refractivity contribution is -0.196. The Bertz CT molecular complexity index is 486. The summed E-state index contributed by atoms with van der Waals surface area (Å²) < 4.78 is 49.4. The summed E-state index contributed by atoms with van der Waals surface area (Å²) >= 11 is 0. The fourth-order valence-corrected chi connectivity index (χ4v) is 2.27. The maximum atomic E-state index is 12.9. The Morgan fingerprint density at radius 3 is 2.70 bits per heavy atom. The first kappa shape index (κ1) is 15.0. The van der Waals surface area contributed by atoms with Crippen molar-refractivity contribution >= 4 is 0 Å². The Kier molecular flexibility index (Phi) is 3.86. The van der Waals surface area contributed by atoms with Crippen LogP contribution in [-0.4, -0.2) is 24.4 Å². The molecule has 0 bridgehead atoms. The van der Waals surface area contributed by atoms with Crippen LogP contribution in [0.15, 0.2) is 18.2 Å². The number of alkyl halides is 3. The van der Waals surface area contributed by atoms with Crippen LogP contribution in [0.25, 0.3) is 0 Å². The van der Waals surface area contributed by atoms with Crippen LogP contribution in [-0.2, 0) is 6.42 Å². The minimum atomic E-state index is -4.45. The Labute approximate surface area is 115 Å². The minimum absolute atomic E-state index is 0.0917. The molecular formula is C14H18F3NO2. The van der Waals surface area contributed by atoms with E-state index in [1.54, 1.807) is 6.07 Å². The molecule has 0 aromatic heterocycles. The van der Waals surface area contributed by atoms with E-state index in [-0.39, 0.29) is 18.7 Å². The van der Waals surface area contributed by atoms with E-state index in [4.69, 9.17) is 15.2 Å². The standard InChI is InChI=1S/C14H18F3NO2/c1-13(2)8-9-4-3-5-10(12(9)20-13)19-11(6-7-18)14(15,16)17/h3-5,11H,6-8,18H2,1-2H3. The molecule has 0 amide bonds. The molecule has 0 aliphatic carbocycles. The van der Waals surface area contributed by atoms with Crippen LogP contribution in [0.1, 0.15) is 25.8 Å². The number of para-hydroxylation sites is 1. The lowest BCUT2D eigenvalue weighted by Gasteiger charge is -2.23. The van der Waals surface area contributed by atoms with E-state index in [0.717, 1.165) is 5.56 Å². The number of rotatable bonds is 4. The van der Waals surface area contributed by atoms with Crippen molar-refractivity contribution in [3.8, 4) is 11.5 Å². The van der Waals surface area contributed by atoms with Gasteiger partial charge in [0.25, 0.3) is 0 Å². The normalized spacial score (nSPS) is 18.3. The number of ether oxygens (including phenoxy) is 2. The second-order valence-electron chi connectivity index (χ2n) is 5.51. The average Bonchev–Trinajstić information content (AvgIpc) is 2.62. The molecule has 2 N–H and O–H groups in total. The van der Waals surface area contributed by atoms with Crippen molar-refractivity contribution in [1.29, 1.82) is 0 Å². The summed E-state index contributed by atoms with van der Waals surface area (Å²) in [5, 5.41) is 0. The van der Waals surface area contributed by atoms with Crippen LogP contribution in [0, 0.1) is 0 Å². The van der Waals surface area contributed by atoms with Gasteiger partial charge in [-0.15, -0.1) is 0 Å². The average molecular weight is 289 g/mol. The van der Waals surface area contributed by atoms with Crippen molar-refractivity contribution in [3.05, 3.63) is 23.8 Å². The van der Waals surface area contributed by atoms with Crippen LogP contribution < -0.4 is 15.2 Å². The first-order valence-corrected chi connectivity index (χ1v) is 6.47. The van der Waals surface area contributed by atoms with Crippen molar-refractivity contribution in [2.45, 2.75) is 44.6 Å². The van der Waals surface area contributed by atoms with E-state index >= 15 is 0 Å². The maximum Gasteiger partial charge on any atom is 0.425 e. The number of nitrogens with two attached hydrogens (primary N) is 1. The van der Waals surface area contributed by atoms with Gasteiger partial charge in [-0.05, 0) is 26.5 Å². The van der Waals surface area contributed by atoms with Gasteiger partial charge in [0.15, 0.2) is 17.6 Å². The molecular weight excluding hydrogens is 271 g/mol. The summed E-state index contributed by atoms with van der Waals surface area (Å²) in [6.07, 6.45) is -5.99. The highest BCUT2D eigenvalue weighted by Gasteiger charge is 2.42. The van der Waals surface area contributed by atoms with E-state index < -0.39 is 17.9 Å². The molecule has 0 saturated heterocycles. The van der Waals surface area contributed by atoms with Gasteiger partial charge in [-0.3, -0.25) is 0 Å². The van der Waals surface area contributed by atoms with Crippen LogP contribution >= 0.6 is 0 Å². The fraction of sp³-hybridized carbons (Fsp3) is 0.571. The van der Waals surface area contributed by atoms with Gasteiger partial charge < -0.3 is 15.2 Å². The van der Waals surface area contributed by atoms with E-state index in [1.165, 1.54) is 6.07 Å². The van der Waals surface area contributed by atoms with Crippen molar-refractivity contribution in [3.63, 3.8) is 0 Å². The monoisotopic (exact) mass is 289 g/mol. The van der Waals surface area contributed by atoms with Gasteiger partial charge in [0.2, 0.25) is 0 Å². The third-order valence-electron chi connectivity index (χ3n) is 3.12. The van der Waals surface area contributed by atoms with Crippen molar-refractivity contribution in [1.82, 2.24) is 0 Å². The molecule has 1 aliphatic rings.